The molecule has 1 amide bonds. The van der Waals surface area contributed by atoms with E-state index >= 15 is 0 Å². The van der Waals surface area contributed by atoms with Gasteiger partial charge < -0.3 is 24.1 Å². The number of hydrogen-bond donors (Lipinski definition) is 3. The van der Waals surface area contributed by atoms with Crippen LogP contribution in [0.2, 0.25) is 5.02 Å². The highest BCUT2D eigenvalue weighted by molar-refractivity contribution is 7.18. The number of nitrogens with zero attached hydrogens (tertiary/aromatic N) is 5. The van der Waals surface area contributed by atoms with Crippen LogP contribution in [0.5, 0.6) is 5.75 Å². The zero-order chi connectivity index (χ0) is 25.4. The summed E-state index contributed by atoms with van der Waals surface area (Å²) >= 11 is 7.28. The number of ether oxygens (including phenoxy) is 1. The van der Waals surface area contributed by atoms with Crippen molar-refractivity contribution < 1.29 is 19.1 Å². The van der Waals surface area contributed by atoms with E-state index in [0.717, 1.165) is 11.3 Å². The van der Waals surface area contributed by atoms with Gasteiger partial charge in [-0.3, -0.25) is 10.1 Å². The monoisotopic (exact) mass is 519 g/mol. The van der Waals surface area contributed by atoms with Gasteiger partial charge in [0.25, 0.3) is 5.91 Å². The van der Waals surface area contributed by atoms with Crippen molar-refractivity contribution in [2.75, 3.05) is 23.8 Å². The third-order valence-electron chi connectivity index (χ3n) is 4.15. The van der Waals surface area contributed by atoms with Crippen LogP contribution in [-0.2, 0) is 7.05 Å². The average molecular weight is 520 g/mol. The molecule has 0 aromatic carbocycles. The standard InChI is InChI=1S/C19H16ClN7O5S.C2H6/c1-27-6-3-10(20)13(27)16-25-26-19(33-16)24-15(29)12-9-11(23-18-21-4-2-5-22-18)14(17(30)32-12)31-8-7-28;1-2/h2-6,9,28H,7-8H2,1H3,(H,21,22,23)(H,24,26,29);1-2H3. The first-order valence-electron chi connectivity index (χ1n) is 10.4. The Hall–Kier alpha value is -3.81. The van der Waals surface area contributed by atoms with Crippen LogP contribution in [0.15, 0.2) is 46.0 Å². The summed E-state index contributed by atoms with van der Waals surface area (Å²) in [6.45, 7) is 3.52. The molecule has 0 aliphatic rings. The Morgan fingerprint density at radius 1 is 1.29 bits per heavy atom. The molecule has 3 N–H and O–H groups in total. The number of aromatic nitrogens is 5. The third kappa shape index (κ3) is 6.20. The predicted molar refractivity (Wildman–Crippen MR) is 132 cm³/mol. The van der Waals surface area contributed by atoms with Gasteiger partial charge in [0.05, 0.1) is 23.0 Å². The van der Waals surface area contributed by atoms with E-state index in [1.807, 2.05) is 13.8 Å². The Morgan fingerprint density at radius 2 is 2.03 bits per heavy atom. The number of hydrogen-bond acceptors (Lipinski definition) is 11. The largest absolute Gasteiger partial charge is 0.483 e. The molecule has 14 heteroatoms. The minimum absolute atomic E-state index is 0.0876. The maximum absolute atomic E-state index is 12.7. The molecule has 0 saturated heterocycles. The van der Waals surface area contributed by atoms with Crippen LogP contribution >= 0.6 is 22.9 Å². The number of carbonyl (C=O) groups is 1. The molecule has 0 atom stereocenters. The first-order valence-corrected chi connectivity index (χ1v) is 11.6. The molecule has 0 saturated carbocycles. The van der Waals surface area contributed by atoms with Crippen LogP contribution in [0.4, 0.5) is 16.8 Å². The lowest BCUT2D eigenvalue weighted by Gasteiger charge is -2.11. The first-order chi connectivity index (χ1) is 17.0. The van der Waals surface area contributed by atoms with Crippen molar-refractivity contribution in [3.8, 4) is 16.5 Å². The van der Waals surface area contributed by atoms with Crippen LogP contribution in [0.1, 0.15) is 24.4 Å². The lowest BCUT2D eigenvalue weighted by Crippen LogP contribution is -2.18. The molecule has 0 aliphatic heterocycles. The average Bonchev–Trinajstić information content (AvgIpc) is 3.45. The summed E-state index contributed by atoms with van der Waals surface area (Å²) in [5.41, 5.74) is -0.186. The van der Waals surface area contributed by atoms with E-state index in [2.05, 4.69) is 30.8 Å². The highest BCUT2D eigenvalue weighted by Gasteiger charge is 2.21. The fourth-order valence-corrected chi connectivity index (χ4v) is 3.91. The van der Waals surface area contributed by atoms with Gasteiger partial charge in [-0.1, -0.05) is 36.8 Å². The molecular formula is C21H22ClN7O5S. The summed E-state index contributed by atoms with van der Waals surface area (Å²) < 4.78 is 12.2. The van der Waals surface area contributed by atoms with Crippen molar-refractivity contribution in [2.45, 2.75) is 13.8 Å². The normalized spacial score (nSPS) is 10.3. The number of aliphatic hydroxyl groups excluding tert-OH is 1. The van der Waals surface area contributed by atoms with E-state index < -0.39 is 11.5 Å². The lowest BCUT2D eigenvalue weighted by molar-refractivity contribution is 0.0990. The van der Waals surface area contributed by atoms with Crippen molar-refractivity contribution in [1.29, 1.82) is 0 Å². The van der Waals surface area contributed by atoms with Crippen molar-refractivity contribution in [2.24, 2.45) is 7.05 Å². The SMILES string of the molecule is CC.Cn1ccc(Cl)c1-c1nnc(NC(=O)c2cc(Nc3ncccn3)c(OCCO)c(=O)o2)s1. The number of aryl methyl sites for hydroxylation is 1. The highest BCUT2D eigenvalue weighted by atomic mass is 35.5. The van der Waals surface area contributed by atoms with Gasteiger partial charge in [0, 0.05) is 31.7 Å². The topological polar surface area (TPSA) is 157 Å². The molecule has 0 spiro atoms. The van der Waals surface area contributed by atoms with Crippen molar-refractivity contribution >= 4 is 45.6 Å². The number of anilines is 3. The van der Waals surface area contributed by atoms with Crippen LogP contribution in [0.25, 0.3) is 10.7 Å². The summed E-state index contributed by atoms with van der Waals surface area (Å²) in [5.74, 6) is -1.12. The first kappa shape index (κ1) is 25.8. The molecule has 0 bridgehead atoms. The van der Waals surface area contributed by atoms with E-state index in [1.165, 1.54) is 18.5 Å². The van der Waals surface area contributed by atoms with Gasteiger partial charge in [-0.25, -0.2) is 14.8 Å². The Morgan fingerprint density at radius 3 is 2.69 bits per heavy atom. The van der Waals surface area contributed by atoms with Crippen LogP contribution < -0.4 is 21.0 Å². The maximum Gasteiger partial charge on any atom is 0.381 e. The smallest absolute Gasteiger partial charge is 0.381 e. The molecule has 0 unspecified atom stereocenters. The second-order valence-electron chi connectivity index (χ2n) is 6.40. The summed E-state index contributed by atoms with van der Waals surface area (Å²) in [6.07, 6.45) is 4.76. The fraction of sp³-hybridized carbons (Fsp3) is 0.238. The lowest BCUT2D eigenvalue weighted by atomic mass is 10.3. The molecule has 4 heterocycles. The number of halogens is 1. The summed E-state index contributed by atoms with van der Waals surface area (Å²) in [4.78, 5) is 33.3. The molecule has 0 fully saturated rings. The van der Waals surface area contributed by atoms with Gasteiger partial charge in [0.2, 0.25) is 16.8 Å². The molecule has 4 rings (SSSR count). The van der Waals surface area contributed by atoms with E-state index in [0.29, 0.717) is 15.7 Å². The van der Waals surface area contributed by atoms with Crippen LogP contribution in [-0.4, -0.2) is 49.0 Å². The predicted octanol–water partition coefficient (Wildman–Crippen LogP) is 3.33. The summed E-state index contributed by atoms with van der Waals surface area (Å²) in [5, 5.41) is 23.5. The molecule has 4 aromatic heterocycles. The van der Waals surface area contributed by atoms with E-state index in [4.69, 9.17) is 25.9 Å². The second-order valence-corrected chi connectivity index (χ2v) is 7.78. The van der Waals surface area contributed by atoms with Gasteiger partial charge in [0.15, 0.2) is 10.8 Å². The number of amides is 1. The van der Waals surface area contributed by atoms with Crippen LogP contribution in [0.3, 0.4) is 0 Å². The molecule has 0 aliphatic carbocycles. The molecule has 184 valence electrons. The zero-order valence-corrected chi connectivity index (χ0v) is 20.6. The Balaban J connectivity index is 0.00000167. The number of nitrogens with one attached hydrogen (secondary N) is 2. The quantitative estimate of drug-likeness (QED) is 0.315. The van der Waals surface area contributed by atoms with Gasteiger partial charge >= 0.3 is 5.63 Å². The third-order valence-corrected chi connectivity index (χ3v) is 5.30. The van der Waals surface area contributed by atoms with E-state index in [1.54, 1.807) is 29.9 Å². The highest BCUT2D eigenvalue weighted by Crippen LogP contribution is 2.32. The summed E-state index contributed by atoms with van der Waals surface area (Å²) in [6, 6.07) is 4.60. The van der Waals surface area contributed by atoms with Crippen molar-refractivity contribution in [1.82, 2.24) is 24.7 Å². The van der Waals surface area contributed by atoms with Crippen molar-refractivity contribution in [3.05, 3.63) is 58.0 Å². The minimum atomic E-state index is -0.928. The van der Waals surface area contributed by atoms with Gasteiger partial charge in [0.1, 0.15) is 6.61 Å². The number of carbonyl (C=O) groups excluding carboxylic acids is 1. The van der Waals surface area contributed by atoms with Crippen molar-refractivity contribution in [3.63, 3.8) is 0 Å². The Kier molecular flexibility index (Phi) is 8.89. The Labute approximate surface area is 208 Å². The molecule has 12 nitrogen and oxygen atoms in total. The minimum Gasteiger partial charge on any atom is -0.483 e. The second kappa shape index (κ2) is 12.1. The zero-order valence-electron chi connectivity index (χ0n) is 19.0. The van der Waals surface area contributed by atoms with Crippen LogP contribution in [0, 0.1) is 0 Å². The van der Waals surface area contributed by atoms with E-state index in [-0.39, 0.29) is 41.5 Å². The van der Waals surface area contributed by atoms with Gasteiger partial charge in [-0.05, 0) is 12.1 Å². The fourth-order valence-electron chi connectivity index (χ4n) is 2.74. The molecule has 35 heavy (non-hydrogen) atoms. The van der Waals surface area contributed by atoms with Gasteiger partial charge in [-0.2, -0.15) is 0 Å². The number of rotatable bonds is 8. The number of aliphatic hydroxyl groups is 1. The molecule has 0 radical (unpaired) electrons. The molecule has 4 aromatic rings. The Bertz CT molecular complexity index is 1320. The maximum atomic E-state index is 12.7. The summed E-state index contributed by atoms with van der Waals surface area (Å²) in [7, 11) is 1.81. The van der Waals surface area contributed by atoms with E-state index in [9.17, 15) is 9.59 Å². The molecular weight excluding hydrogens is 498 g/mol. The van der Waals surface area contributed by atoms with Gasteiger partial charge in [-0.15, -0.1) is 10.2 Å².